The number of thioether (sulfide) groups is 1. The first kappa shape index (κ1) is 34.2. The third kappa shape index (κ3) is 6.30. The molecule has 3 aliphatic rings. The zero-order valence-electron chi connectivity index (χ0n) is 28.6. The maximum Gasteiger partial charge on any atom is 0.252 e. The molecule has 53 heavy (non-hydrogen) atoms. The number of carbonyl (C=O) groups excluding carboxylic acids is 1. The lowest BCUT2D eigenvalue weighted by Crippen LogP contribution is -2.25. The molecule has 5 heterocycles. The van der Waals surface area contributed by atoms with Gasteiger partial charge in [-0.05, 0) is 78.1 Å². The number of unbranched alkanes of at least 4 members (excludes halogenated alkanes) is 1. The van der Waals surface area contributed by atoms with Gasteiger partial charge in [-0.25, -0.2) is 29.9 Å². The molecule has 10 nitrogen and oxygen atoms in total. The largest absolute Gasteiger partial charge is 0.352 e. The number of thiol groups is 3. The molecule has 0 saturated carbocycles. The first-order valence-electron chi connectivity index (χ1n) is 17.4. The Balaban J connectivity index is 1.33. The molecule has 0 atom stereocenters. The first-order chi connectivity index (χ1) is 25.8. The van der Waals surface area contributed by atoms with Crippen LogP contribution in [0.15, 0.2) is 75.4 Å². The Morgan fingerprint density at radius 1 is 0.736 bits per heavy atom. The van der Waals surface area contributed by atoms with E-state index in [1.54, 1.807) is 0 Å². The number of hydrogen-bond acceptors (Lipinski definition) is 11. The first-order valence-corrected chi connectivity index (χ1v) is 19.9. The molecule has 1 amide bonds. The van der Waals surface area contributed by atoms with Gasteiger partial charge in [-0.1, -0.05) is 25.1 Å². The molecule has 0 radical (unpaired) electrons. The van der Waals surface area contributed by atoms with E-state index in [0.717, 1.165) is 77.6 Å². The summed E-state index contributed by atoms with van der Waals surface area (Å²) in [5.41, 5.74) is 7.89. The number of nitrogens with zero attached hydrogens (tertiary/aromatic N) is 6. The van der Waals surface area contributed by atoms with Crippen LogP contribution in [0.2, 0.25) is 0 Å². The van der Waals surface area contributed by atoms with Crippen molar-refractivity contribution in [1.82, 2.24) is 45.2 Å². The molecule has 0 saturated heterocycles. The number of benzene rings is 3. The summed E-state index contributed by atoms with van der Waals surface area (Å²) in [4.78, 5) is 53.8. The van der Waals surface area contributed by atoms with Crippen molar-refractivity contribution >= 4 is 88.9 Å². The van der Waals surface area contributed by atoms with Crippen molar-refractivity contribution in [3.8, 4) is 45.6 Å². The van der Waals surface area contributed by atoms with Crippen LogP contribution in [0, 0.1) is 0 Å². The molecule has 9 rings (SSSR count). The number of hydrogen-bond donors (Lipinski definition) is 6. The highest BCUT2D eigenvalue weighted by molar-refractivity contribution is 7.99. The molecule has 14 heteroatoms. The van der Waals surface area contributed by atoms with Gasteiger partial charge in [0.25, 0.3) is 5.91 Å². The van der Waals surface area contributed by atoms with Crippen LogP contribution in [0.4, 0.5) is 0 Å². The van der Waals surface area contributed by atoms with Crippen molar-refractivity contribution < 1.29 is 4.79 Å². The molecule has 264 valence electrons. The maximum absolute atomic E-state index is 13.8. The van der Waals surface area contributed by atoms with Crippen LogP contribution in [-0.4, -0.2) is 63.8 Å². The summed E-state index contributed by atoms with van der Waals surface area (Å²) < 4.78 is 0. The molecule has 0 unspecified atom stereocenters. The summed E-state index contributed by atoms with van der Waals surface area (Å²) in [6.45, 7) is 2.74. The lowest BCUT2D eigenvalue weighted by atomic mass is 10.0. The lowest BCUT2D eigenvalue weighted by molar-refractivity contribution is 0.0954. The van der Waals surface area contributed by atoms with Gasteiger partial charge < -0.3 is 15.3 Å². The normalized spacial score (nSPS) is 13.0. The topological polar surface area (TPSA) is 138 Å². The van der Waals surface area contributed by atoms with Crippen LogP contribution in [0.3, 0.4) is 0 Å². The van der Waals surface area contributed by atoms with E-state index >= 15 is 0 Å². The zero-order valence-corrected chi connectivity index (χ0v) is 32.1. The van der Waals surface area contributed by atoms with Crippen molar-refractivity contribution in [2.75, 3.05) is 18.1 Å². The summed E-state index contributed by atoms with van der Waals surface area (Å²) >= 11 is 15.9. The van der Waals surface area contributed by atoms with E-state index in [4.69, 9.17) is 42.5 Å². The van der Waals surface area contributed by atoms with Gasteiger partial charge in [0.05, 0.1) is 5.56 Å². The van der Waals surface area contributed by atoms with Crippen molar-refractivity contribution in [3.63, 3.8) is 0 Å². The highest BCUT2D eigenvalue weighted by Gasteiger charge is 2.27. The molecule has 6 aromatic rings. The maximum atomic E-state index is 13.8. The van der Waals surface area contributed by atoms with Gasteiger partial charge in [0.15, 0.2) is 23.3 Å². The van der Waals surface area contributed by atoms with Crippen LogP contribution >= 0.6 is 49.6 Å². The third-order valence-corrected chi connectivity index (χ3v) is 11.5. The van der Waals surface area contributed by atoms with E-state index < -0.39 is 0 Å². The molecule has 0 spiro atoms. The second kappa shape index (κ2) is 14.0. The highest BCUT2D eigenvalue weighted by atomic mass is 32.2. The van der Waals surface area contributed by atoms with E-state index in [2.05, 4.69) is 53.5 Å². The second-order valence-corrected chi connectivity index (χ2v) is 16.0. The predicted octanol–water partition coefficient (Wildman–Crippen LogP) is 8.47. The Hall–Kier alpha value is -4.63. The van der Waals surface area contributed by atoms with E-state index in [1.165, 1.54) is 0 Å². The van der Waals surface area contributed by atoms with E-state index in [-0.39, 0.29) is 5.91 Å². The monoisotopic (exact) mass is 771 g/mol. The summed E-state index contributed by atoms with van der Waals surface area (Å²) in [5, 5.41) is 4.76. The molecule has 8 bridgehead atoms. The number of aromatic nitrogens is 8. The van der Waals surface area contributed by atoms with E-state index in [9.17, 15) is 4.79 Å². The number of fused-ring (bicyclic) bond motifs is 20. The van der Waals surface area contributed by atoms with Crippen LogP contribution in [-0.2, 0) is 12.8 Å². The van der Waals surface area contributed by atoms with E-state index in [0.29, 0.717) is 76.4 Å². The summed E-state index contributed by atoms with van der Waals surface area (Å²) in [6.07, 6.45) is 5.26. The van der Waals surface area contributed by atoms with Gasteiger partial charge in [-0.3, -0.25) is 4.79 Å². The fourth-order valence-corrected chi connectivity index (χ4v) is 8.38. The molecular weight excluding hydrogens is 739 g/mol. The molecule has 0 fully saturated rings. The van der Waals surface area contributed by atoms with Gasteiger partial charge in [-0.15, -0.1) is 37.9 Å². The molecule has 3 N–H and O–H groups in total. The molecule has 3 aromatic carbocycles. The number of carbonyl (C=O) groups is 1. The number of H-pyrrole nitrogens is 2. The number of amides is 1. The van der Waals surface area contributed by atoms with Crippen LogP contribution in [0.25, 0.3) is 78.9 Å². The van der Waals surface area contributed by atoms with Gasteiger partial charge in [0.1, 0.15) is 22.6 Å². The third-order valence-electron chi connectivity index (χ3n) is 9.58. The smallest absolute Gasteiger partial charge is 0.252 e. The summed E-state index contributed by atoms with van der Waals surface area (Å²) in [5.74, 6) is 3.84. The quantitative estimate of drug-likeness (QED) is 0.0702. The van der Waals surface area contributed by atoms with E-state index in [1.807, 2.05) is 66.4 Å². The van der Waals surface area contributed by atoms with Crippen LogP contribution in [0.5, 0.6) is 0 Å². The van der Waals surface area contributed by atoms with Crippen LogP contribution < -0.4 is 5.32 Å². The Kier molecular flexibility index (Phi) is 9.01. The Bertz CT molecular complexity index is 2700. The minimum atomic E-state index is -0.176. The number of nitrogens with one attached hydrogen (secondary N) is 3. The average Bonchev–Trinajstić information content (AvgIpc) is 3.87. The Labute approximate surface area is 325 Å². The van der Waals surface area contributed by atoms with Crippen molar-refractivity contribution in [1.29, 1.82) is 0 Å². The Morgan fingerprint density at radius 2 is 1.43 bits per heavy atom. The molecular formula is C39H33N9OS4. The van der Waals surface area contributed by atoms with Gasteiger partial charge in [0, 0.05) is 66.9 Å². The van der Waals surface area contributed by atoms with Gasteiger partial charge >= 0.3 is 0 Å². The lowest BCUT2D eigenvalue weighted by Gasteiger charge is -2.09. The zero-order chi connectivity index (χ0) is 36.2. The predicted molar refractivity (Wildman–Crippen MR) is 222 cm³/mol. The highest BCUT2D eigenvalue weighted by Crippen LogP contribution is 2.39. The fourth-order valence-electron chi connectivity index (χ4n) is 7.03. The molecule has 1 aliphatic carbocycles. The minimum Gasteiger partial charge on any atom is -0.352 e. The minimum absolute atomic E-state index is 0.176. The van der Waals surface area contributed by atoms with Crippen molar-refractivity contribution in [3.05, 3.63) is 82.3 Å². The average molecular weight is 772 g/mol. The van der Waals surface area contributed by atoms with Gasteiger partial charge in [-0.2, -0.15) is 11.8 Å². The van der Waals surface area contributed by atoms with Crippen LogP contribution in [0.1, 0.15) is 41.3 Å². The van der Waals surface area contributed by atoms with Crippen molar-refractivity contribution in [2.24, 2.45) is 0 Å². The summed E-state index contributed by atoms with van der Waals surface area (Å²) in [6, 6.07) is 17.3. The van der Waals surface area contributed by atoms with Gasteiger partial charge in [0.2, 0.25) is 0 Å². The molecule has 2 aliphatic heterocycles. The summed E-state index contributed by atoms with van der Waals surface area (Å²) in [7, 11) is 0. The SMILES string of the molecule is CCSCCCCNC(=O)c1cccc2c1-c1nc-2nc2[nH]c(nc3nc(nc4[nH]c(n1)c1ccc(S)cc41)-c1cc(S)ccc1-3)c1c2CC=C(S)C1. The molecule has 3 aromatic heterocycles. The number of rotatable bonds is 7. The fraction of sp³-hybridized carbons (Fsp3) is 0.205. The van der Waals surface area contributed by atoms with Crippen molar-refractivity contribution in [2.45, 2.75) is 42.4 Å². The second-order valence-electron chi connectivity index (χ2n) is 13.0. The Morgan fingerprint density at radius 3 is 2.30 bits per heavy atom. The standard InChI is InChI=1S/C39H33N9OS4/c1-2-53-15-4-3-14-40-39(49)26-7-5-6-25-30(26)38-47-33-24-13-10-21(52)18-29(24)37(45-33)46-36-28-17-20(51)9-12-23(28)32(44-36)43-35-27-16-19(50)8-11-22(27)31(42-35)41-34(25)48-38/h5-10,12-13,17-18,50-52H,2-4,11,14-16H2,1H3,(H,40,49)(H2,41,42,43,44,45,46,47,48). The number of allylic oxidation sites excluding steroid dienone is 2. The number of aromatic amines is 2.